The summed E-state index contributed by atoms with van der Waals surface area (Å²) >= 11 is 0. The molecular weight excluding hydrogens is 337 g/mol. The van der Waals surface area contributed by atoms with Crippen molar-refractivity contribution in [3.05, 3.63) is 35.6 Å². The summed E-state index contributed by atoms with van der Waals surface area (Å²) in [6.07, 6.45) is 0.847. The molecule has 2 aliphatic rings. The van der Waals surface area contributed by atoms with E-state index in [1.165, 1.54) is 24.3 Å². The van der Waals surface area contributed by atoms with Crippen molar-refractivity contribution in [3.63, 3.8) is 0 Å². The highest BCUT2D eigenvalue weighted by Gasteiger charge is 2.66. The van der Waals surface area contributed by atoms with Gasteiger partial charge in [-0.25, -0.2) is 4.39 Å². The number of benzene rings is 1. The van der Waals surface area contributed by atoms with Crippen molar-refractivity contribution in [3.8, 4) is 0 Å². The molecule has 1 saturated carbocycles. The van der Waals surface area contributed by atoms with Crippen LogP contribution in [0.25, 0.3) is 0 Å². The van der Waals surface area contributed by atoms with Crippen molar-refractivity contribution in [1.29, 1.82) is 0 Å². The van der Waals surface area contributed by atoms with Crippen molar-refractivity contribution < 1.29 is 18.8 Å². The SMILES string of the molecule is CC1(C)C[C@]2(C(N)=O)CN(C(=O)CCNC(=O)c3ccc(F)cc3)C[C@H]12. The summed E-state index contributed by atoms with van der Waals surface area (Å²) in [4.78, 5) is 38.1. The zero-order chi connectivity index (χ0) is 19.1. The number of halogens is 1. The Labute approximate surface area is 151 Å². The van der Waals surface area contributed by atoms with E-state index in [4.69, 9.17) is 5.73 Å². The highest BCUT2D eigenvalue weighted by Crippen LogP contribution is 2.62. The Bertz CT molecular complexity index is 747. The van der Waals surface area contributed by atoms with Crippen LogP contribution in [0, 0.1) is 22.6 Å². The van der Waals surface area contributed by atoms with Crippen LogP contribution in [0.4, 0.5) is 4.39 Å². The molecule has 0 bridgehead atoms. The minimum Gasteiger partial charge on any atom is -0.369 e. The second-order valence-electron chi connectivity index (χ2n) is 8.03. The first-order valence-electron chi connectivity index (χ1n) is 8.77. The molecule has 1 heterocycles. The zero-order valence-electron chi connectivity index (χ0n) is 15.0. The second-order valence-corrected chi connectivity index (χ2v) is 8.03. The molecular formula is C19H24FN3O3. The number of nitrogens with one attached hydrogen (secondary N) is 1. The lowest BCUT2D eigenvalue weighted by molar-refractivity contribution is -0.148. The van der Waals surface area contributed by atoms with Gasteiger partial charge in [-0.1, -0.05) is 13.8 Å². The van der Waals surface area contributed by atoms with Crippen molar-refractivity contribution in [2.75, 3.05) is 19.6 Å². The predicted molar refractivity (Wildman–Crippen MR) is 93.4 cm³/mol. The van der Waals surface area contributed by atoms with E-state index in [2.05, 4.69) is 19.2 Å². The zero-order valence-corrected chi connectivity index (χ0v) is 15.0. The molecule has 6 nitrogen and oxygen atoms in total. The molecule has 1 aliphatic heterocycles. The van der Waals surface area contributed by atoms with E-state index in [-0.39, 0.29) is 42.0 Å². The molecule has 3 N–H and O–H groups in total. The third kappa shape index (κ3) is 3.06. The van der Waals surface area contributed by atoms with Gasteiger partial charge in [0.2, 0.25) is 11.8 Å². The van der Waals surface area contributed by atoms with Crippen LogP contribution in [0.2, 0.25) is 0 Å². The maximum absolute atomic E-state index is 12.9. The van der Waals surface area contributed by atoms with Gasteiger partial charge in [-0.15, -0.1) is 0 Å². The van der Waals surface area contributed by atoms with Gasteiger partial charge in [-0.3, -0.25) is 14.4 Å². The van der Waals surface area contributed by atoms with Gasteiger partial charge in [-0.2, -0.15) is 0 Å². The van der Waals surface area contributed by atoms with Gasteiger partial charge in [-0.05, 0) is 42.0 Å². The molecule has 1 aromatic rings. The fourth-order valence-corrected chi connectivity index (χ4v) is 4.56. The average molecular weight is 361 g/mol. The van der Waals surface area contributed by atoms with Crippen LogP contribution in [0.1, 0.15) is 37.0 Å². The summed E-state index contributed by atoms with van der Waals surface area (Å²) in [6, 6.07) is 5.21. The van der Waals surface area contributed by atoms with E-state index < -0.39 is 11.2 Å². The number of carbonyl (C=O) groups excluding carboxylic acids is 3. The van der Waals surface area contributed by atoms with E-state index in [1.54, 1.807) is 4.90 Å². The minimum atomic E-state index is -0.601. The second kappa shape index (κ2) is 6.37. The maximum Gasteiger partial charge on any atom is 0.251 e. The van der Waals surface area contributed by atoms with Crippen LogP contribution in [-0.4, -0.2) is 42.3 Å². The standard InChI is InChI=1S/C19H24FN3O3/c1-18(2)10-19(17(21)26)11-23(9-14(18)19)15(24)7-8-22-16(25)12-3-5-13(20)6-4-12/h3-6,14H,7-11H2,1-2H3,(H2,21,26)(H,22,25)/t14-,19+/m1/s1. The Kier molecular flexibility index (Phi) is 4.50. The topological polar surface area (TPSA) is 92.5 Å². The number of rotatable bonds is 5. The molecule has 140 valence electrons. The Hall–Kier alpha value is -2.44. The van der Waals surface area contributed by atoms with Crippen LogP contribution >= 0.6 is 0 Å². The van der Waals surface area contributed by atoms with Crippen LogP contribution < -0.4 is 11.1 Å². The smallest absolute Gasteiger partial charge is 0.251 e. The number of hydrogen-bond donors (Lipinski definition) is 2. The molecule has 1 aliphatic carbocycles. The fraction of sp³-hybridized carbons (Fsp3) is 0.526. The first kappa shape index (κ1) is 18.4. The summed E-state index contributed by atoms with van der Waals surface area (Å²) in [5, 5.41) is 2.66. The third-order valence-corrected chi connectivity index (χ3v) is 5.83. The lowest BCUT2D eigenvalue weighted by atomic mass is 9.48. The summed E-state index contributed by atoms with van der Waals surface area (Å²) in [6.45, 7) is 5.26. The molecule has 7 heteroatoms. The Morgan fingerprint density at radius 2 is 1.92 bits per heavy atom. The lowest BCUT2D eigenvalue weighted by Crippen LogP contribution is -2.59. The van der Waals surface area contributed by atoms with Gasteiger partial charge in [0.25, 0.3) is 5.91 Å². The number of nitrogens with two attached hydrogens (primary N) is 1. The molecule has 3 rings (SSSR count). The van der Waals surface area contributed by atoms with Gasteiger partial charge < -0.3 is 16.0 Å². The number of amides is 3. The molecule has 1 saturated heterocycles. The molecule has 3 amide bonds. The van der Waals surface area contributed by atoms with Crippen LogP contribution in [0.5, 0.6) is 0 Å². The minimum absolute atomic E-state index is 0.000852. The molecule has 0 aromatic heterocycles. The number of primary amides is 1. The number of likely N-dealkylation sites (tertiary alicyclic amines) is 1. The van der Waals surface area contributed by atoms with Crippen LogP contribution in [-0.2, 0) is 9.59 Å². The molecule has 2 fully saturated rings. The number of fused-ring (bicyclic) bond motifs is 1. The quantitative estimate of drug-likeness (QED) is 0.828. The van der Waals surface area contributed by atoms with E-state index in [0.29, 0.717) is 25.1 Å². The Morgan fingerprint density at radius 1 is 1.27 bits per heavy atom. The Morgan fingerprint density at radius 3 is 2.46 bits per heavy atom. The van der Waals surface area contributed by atoms with E-state index in [9.17, 15) is 18.8 Å². The first-order chi connectivity index (χ1) is 12.2. The summed E-state index contributed by atoms with van der Waals surface area (Å²) in [5.41, 5.74) is 5.35. The van der Waals surface area contributed by atoms with E-state index >= 15 is 0 Å². The molecule has 1 aromatic carbocycles. The predicted octanol–water partition coefficient (Wildman–Crippen LogP) is 1.31. The monoisotopic (exact) mass is 361 g/mol. The molecule has 0 radical (unpaired) electrons. The molecule has 0 spiro atoms. The normalized spacial score (nSPS) is 26.0. The van der Waals surface area contributed by atoms with Crippen molar-refractivity contribution in [2.24, 2.45) is 22.5 Å². The van der Waals surface area contributed by atoms with Gasteiger partial charge in [0.15, 0.2) is 0 Å². The third-order valence-electron chi connectivity index (χ3n) is 5.83. The van der Waals surface area contributed by atoms with Crippen molar-refractivity contribution >= 4 is 17.7 Å². The summed E-state index contributed by atoms with van der Waals surface area (Å²) in [5.74, 6) is -1.11. The Balaban J connectivity index is 1.52. The molecule has 26 heavy (non-hydrogen) atoms. The number of hydrogen-bond acceptors (Lipinski definition) is 3. The lowest BCUT2D eigenvalue weighted by Gasteiger charge is -2.54. The van der Waals surface area contributed by atoms with Gasteiger partial charge in [0.05, 0.1) is 5.41 Å². The highest BCUT2D eigenvalue weighted by atomic mass is 19.1. The maximum atomic E-state index is 12.9. The fourth-order valence-electron chi connectivity index (χ4n) is 4.56. The summed E-state index contributed by atoms with van der Waals surface area (Å²) in [7, 11) is 0. The highest BCUT2D eigenvalue weighted by molar-refractivity contribution is 5.94. The number of nitrogens with zero attached hydrogens (tertiary/aromatic N) is 1. The molecule has 0 unspecified atom stereocenters. The van der Waals surface area contributed by atoms with Gasteiger partial charge in [0, 0.05) is 31.6 Å². The van der Waals surface area contributed by atoms with E-state index in [0.717, 1.165) is 0 Å². The average Bonchev–Trinajstić information content (AvgIpc) is 2.91. The number of carbonyl (C=O) groups is 3. The summed E-state index contributed by atoms with van der Waals surface area (Å²) < 4.78 is 12.9. The van der Waals surface area contributed by atoms with Crippen molar-refractivity contribution in [2.45, 2.75) is 26.7 Å². The van der Waals surface area contributed by atoms with E-state index in [1.807, 2.05) is 0 Å². The van der Waals surface area contributed by atoms with Crippen LogP contribution in [0.15, 0.2) is 24.3 Å². The van der Waals surface area contributed by atoms with Crippen molar-refractivity contribution in [1.82, 2.24) is 10.2 Å². The van der Waals surface area contributed by atoms with Gasteiger partial charge >= 0.3 is 0 Å². The largest absolute Gasteiger partial charge is 0.369 e. The van der Waals surface area contributed by atoms with Gasteiger partial charge in [0.1, 0.15) is 5.82 Å². The van der Waals surface area contributed by atoms with Crippen LogP contribution in [0.3, 0.4) is 0 Å². The first-order valence-corrected chi connectivity index (χ1v) is 8.77. The molecule has 2 atom stereocenters.